The molecule has 2 amide bonds. The lowest BCUT2D eigenvalue weighted by molar-refractivity contribution is -0.138. The third-order valence-electron chi connectivity index (χ3n) is 3.80. The van der Waals surface area contributed by atoms with Gasteiger partial charge in [-0.25, -0.2) is 9.48 Å². The molecule has 1 aliphatic heterocycles. The van der Waals surface area contributed by atoms with E-state index in [1.54, 1.807) is 31.2 Å². The summed E-state index contributed by atoms with van der Waals surface area (Å²) >= 11 is 0. The van der Waals surface area contributed by atoms with E-state index in [2.05, 4.69) is 10.4 Å². The van der Waals surface area contributed by atoms with Crippen molar-refractivity contribution >= 4 is 29.2 Å². The van der Waals surface area contributed by atoms with Crippen molar-refractivity contribution in [3.05, 3.63) is 47.2 Å². The molecule has 0 saturated carbocycles. The molecule has 1 aromatic carbocycles. The number of fused-ring (bicyclic) bond motifs is 1. The molecule has 0 aliphatic carbocycles. The number of imide groups is 1. The molecule has 0 fully saturated rings. The number of hydrogen-bond donors (Lipinski definition) is 2. The van der Waals surface area contributed by atoms with Gasteiger partial charge in [-0.15, -0.1) is 0 Å². The molecule has 3 rings (SSSR count). The number of esters is 1. The fraction of sp³-hybridized carbons (Fsp3) is 0.176. The molecule has 8 heteroatoms. The van der Waals surface area contributed by atoms with Crippen LogP contribution >= 0.6 is 0 Å². The molecule has 3 N–H and O–H groups in total. The maximum absolute atomic E-state index is 12.3. The highest BCUT2D eigenvalue weighted by Gasteiger charge is 2.36. The summed E-state index contributed by atoms with van der Waals surface area (Å²) in [7, 11) is 0. The van der Waals surface area contributed by atoms with Crippen molar-refractivity contribution < 1.29 is 19.1 Å². The number of benzene rings is 1. The second kappa shape index (κ2) is 6.23. The van der Waals surface area contributed by atoms with Crippen LogP contribution in [0.2, 0.25) is 0 Å². The van der Waals surface area contributed by atoms with Gasteiger partial charge in [-0.1, -0.05) is 18.2 Å². The highest BCUT2D eigenvalue weighted by atomic mass is 16.5. The van der Waals surface area contributed by atoms with Crippen molar-refractivity contribution in [2.24, 2.45) is 0 Å². The average molecular weight is 340 g/mol. The van der Waals surface area contributed by atoms with Crippen LogP contribution in [0, 0.1) is 0 Å². The highest BCUT2D eigenvalue weighted by molar-refractivity contribution is 6.34. The van der Waals surface area contributed by atoms with E-state index < -0.39 is 17.8 Å². The third-order valence-corrected chi connectivity index (χ3v) is 3.80. The van der Waals surface area contributed by atoms with Gasteiger partial charge in [-0.2, -0.15) is 5.10 Å². The van der Waals surface area contributed by atoms with Crippen LogP contribution in [0.5, 0.6) is 0 Å². The summed E-state index contributed by atoms with van der Waals surface area (Å²) in [5.41, 5.74) is 6.88. The predicted octanol–water partition coefficient (Wildman–Crippen LogP) is 1.06. The minimum Gasteiger partial charge on any atom is -0.463 e. The molecule has 0 atom stereocenters. The van der Waals surface area contributed by atoms with E-state index in [1.807, 2.05) is 6.07 Å². The Morgan fingerprint density at radius 2 is 1.92 bits per heavy atom. The van der Waals surface area contributed by atoms with Gasteiger partial charge in [-0.3, -0.25) is 14.9 Å². The summed E-state index contributed by atoms with van der Waals surface area (Å²) < 4.78 is 6.30. The molecule has 0 unspecified atom stereocenters. The standard InChI is InChI=1S/C17H16N4O4/c1-3-25-17(24)9(2)11-13-12(16(23)19-15(11)22)14(18)21(20-13)10-7-5-4-6-8-10/h4-8H,3,18H2,1-2H3,(H,19,22,23)/b11-9-. The molecule has 0 spiro atoms. The SMILES string of the molecule is CCOC(=O)/C(C)=C1\C(=O)NC(=O)c2c1nn(-c1ccccc1)c2N. The Bertz CT molecular complexity index is 912. The number of ether oxygens (including phenoxy) is 1. The van der Waals surface area contributed by atoms with Crippen LogP contribution in [0.3, 0.4) is 0 Å². The van der Waals surface area contributed by atoms with Crippen LogP contribution in [0.25, 0.3) is 11.3 Å². The number of aromatic nitrogens is 2. The van der Waals surface area contributed by atoms with Gasteiger partial charge in [0.05, 0.1) is 17.9 Å². The van der Waals surface area contributed by atoms with Gasteiger partial charge in [0.15, 0.2) is 0 Å². The topological polar surface area (TPSA) is 116 Å². The summed E-state index contributed by atoms with van der Waals surface area (Å²) in [6, 6.07) is 8.93. The second-order valence-electron chi connectivity index (χ2n) is 5.36. The quantitative estimate of drug-likeness (QED) is 0.490. The van der Waals surface area contributed by atoms with Crippen molar-refractivity contribution in [3.63, 3.8) is 0 Å². The van der Waals surface area contributed by atoms with E-state index in [4.69, 9.17) is 10.5 Å². The molecule has 2 heterocycles. The molecule has 25 heavy (non-hydrogen) atoms. The van der Waals surface area contributed by atoms with Crippen molar-refractivity contribution in [1.29, 1.82) is 0 Å². The van der Waals surface area contributed by atoms with Crippen molar-refractivity contribution in [2.45, 2.75) is 13.8 Å². The fourth-order valence-electron chi connectivity index (χ4n) is 2.62. The number of nitrogens with zero attached hydrogens (tertiary/aromatic N) is 2. The monoisotopic (exact) mass is 340 g/mol. The van der Waals surface area contributed by atoms with E-state index in [0.29, 0.717) is 5.69 Å². The van der Waals surface area contributed by atoms with Crippen molar-refractivity contribution in [2.75, 3.05) is 12.3 Å². The normalized spacial score (nSPS) is 15.4. The van der Waals surface area contributed by atoms with Crippen LogP contribution in [0.4, 0.5) is 5.82 Å². The number of carbonyl (C=O) groups is 3. The number of para-hydroxylation sites is 1. The zero-order chi connectivity index (χ0) is 18.1. The van der Waals surface area contributed by atoms with Gasteiger partial charge in [0.25, 0.3) is 11.8 Å². The molecule has 0 radical (unpaired) electrons. The molecule has 8 nitrogen and oxygen atoms in total. The molecule has 1 aliphatic rings. The van der Waals surface area contributed by atoms with E-state index in [0.717, 1.165) is 0 Å². The summed E-state index contributed by atoms with van der Waals surface area (Å²) in [6.45, 7) is 3.27. The van der Waals surface area contributed by atoms with Crippen molar-refractivity contribution in [1.82, 2.24) is 15.1 Å². The minimum absolute atomic E-state index is 0.0190. The Morgan fingerprint density at radius 3 is 2.56 bits per heavy atom. The fourth-order valence-corrected chi connectivity index (χ4v) is 2.62. The molecule has 2 aromatic rings. The summed E-state index contributed by atoms with van der Waals surface area (Å²) in [6.07, 6.45) is 0. The number of hydrogen-bond acceptors (Lipinski definition) is 6. The zero-order valence-corrected chi connectivity index (χ0v) is 13.7. The van der Waals surface area contributed by atoms with Gasteiger partial charge in [0.2, 0.25) is 0 Å². The number of nitrogen functional groups attached to an aromatic ring is 1. The van der Waals surface area contributed by atoms with E-state index in [9.17, 15) is 14.4 Å². The highest BCUT2D eigenvalue weighted by Crippen LogP contribution is 2.31. The molecule has 1 aromatic heterocycles. The molecule has 0 saturated heterocycles. The lowest BCUT2D eigenvalue weighted by atomic mass is 9.98. The lowest BCUT2D eigenvalue weighted by Gasteiger charge is -2.15. The lowest BCUT2D eigenvalue weighted by Crippen LogP contribution is -2.37. The van der Waals surface area contributed by atoms with Crippen LogP contribution < -0.4 is 11.1 Å². The number of nitrogens with two attached hydrogens (primary N) is 1. The first kappa shape index (κ1) is 16.4. The number of amides is 2. The maximum Gasteiger partial charge on any atom is 0.334 e. The van der Waals surface area contributed by atoms with Crippen LogP contribution in [-0.2, 0) is 14.3 Å². The summed E-state index contributed by atoms with van der Waals surface area (Å²) in [4.78, 5) is 36.5. The largest absolute Gasteiger partial charge is 0.463 e. The average Bonchev–Trinajstić information content (AvgIpc) is 2.93. The van der Waals surface area contributed by atoms with Crippen LogP contribution in [0.1, 0.15) is 29.9 Å². The van der Waals surface area contributed by atoms with Crippen LogP contribution in [0.15, 0.2) is 35.9 Å². The van der Waals surface area contributed by atoms with Gasteiger partial charge >= 0.3 is 5.97 Å². The van der Waals surface area contributed by atoms with Crippen molar-refractivity contribution in [3.8, 4) is 5.69 Å². The first-order chi connectivity index (χ1) is 12.0. The third kappa shape index (κ3) is 2.67. The van der Waals surface area contributed by atoms with E-state index in [1.165, 1.54) is 11.6 Å². The first-order valence-corrected chi connectivity index (χ1v) is 7.63. The number of nitrogens with one attached hydrogen (secondary N) is 1. The first-order valence-electron chi connectivity index (χ1n) is 7.63. The Hall–Kier alpha value is -3.42. The van der Waals surface area contributed by atoms with E-state index >= 15 is 0 Å². The number of carbonyl (C=O) groups excluding carboxylic acids is 3. The Kier molecular flexibility index (Phi) is 4.10. The number of anilines is 1. The summed E-state index contributed by atoms with van der Waals surface area (Å²) in [5.74, 6) is -1.93. The Balaban J connectivity index is 2.24. The van der Waals surface area contributed by atoms with Gasteiger partial charge in [0.1, 0.15) is 17.1 Å². The Labute approximate surface area is 143 Å². The predicted molar refractivity (Wildman–Crippen MR) is 89.7 cm³/mol. The Morgan fingerprint density at radius 1 is 1.24 bits per heavy atom. The smallest absolute Gasteiger partial charge is 0.334 e. The molecule has 0 bridgehead atoms. The summed E-state index contributed by atoms with van der Waals surface area (Å²) in [5, 5.41) is 6.50. The number of rotatable bonds is 3. The van der Waals surface area contributed by atoms with Gasteiger partial charge in [0, 0.05) is 5.57 Å². The molecule has 128 valence electrons. The molecular weight excluding hydrogens is 324 g/mol. The van der Waals surface area contributed by atoms with Crippen LogP contribution in [-0.4, -0.2) is 34.2 Å². The second-order valence-corrected chi connectivity index (χ2v) is 5.36. The zero-order valence-electron chi connectivity index (χ0n) is 13.7. The molecular formula is C17H16N4O4. The minimum atomic E-state index is -0.708. The van der Waals surface area contributed by atoms with Gasteiger partial charge in [-0.05, 0) is 26.0 Å². The van der Waals surface area contributed by atoms with E-state index in [-0.39, 0.29) is 34.8 Å². The maximum atomic E-state index is 12.3. The van der Waals surface area contributed by atoms with Gasteiger partial charge < -0.3 is 10.5 Å².